The number of nitrogens with zero attached hydrogens (tertiary/aromatic N) is 3. The number of halogens is 1. The molecular formula is C16H16FN3O3S. The van der Waals surface area contributed by atoms with Gasteiger partial charge in [0.05, 0.1) is 11.1 Å². The molecule has 0 unspecified atom stereocenters. The Morgan fingerprint density at radius 3 is 2.50 bits per heavy atom. The van der Waals surface area contributed by atoms with Crippen molar-refractivity contribution in [2.24, 2.45) is 0 Å². The van der Waals surface area contributed by atoms with Crippen LogP contribution in [0.1, 0.15) is 21.6 Å². The third kappa shape index (κ3) is 2.90. The first-order chi connectivity index (χ1) is 11.3. The molecule has 3 rings (SSSR count). The maximum atomic E-state index is 12.9. The van der Waals surface area contributed by atoms with Gasteiger partial charge < -0.3 is 4.90 Å². The van der Waals surface area contributed by atoms with Crippen LogP contribution < -0.4 is 0 Å². The summed E-state index contributed by atoms with van der Waals surface area (Å²) in [4.78, 5) is 18.0. The minimum atomic E-state index is -3.52. The van der Waals surface area contributed by atoms with E-state index in [0.717, 1.165) is 21.6 Å². The van der Waals surface area contributed by atoms with Crippen molar-refractivity contribution < 1.29 is 17.6 Å². The molecule has 0 spiro atoms. The number of hydrogen-bond acceptors (Lipinski definition) is 4. The van der Waals surface area contributed by atoms with Crippen molar-refractivity contribution in [1.29, 1.82) is 0 Å². The lowest BCUT2D eigenvalue weighted by Crippen LogP contribution is -2.26. The van der Waals surface area contributed by atoms with Crippen LogP contribution in [0.15, 0.2) is 41.4 Å². The molecule has 6 nitrogen and oxygen atoms in total. The fourth-order valence-electron chi connectivity index (χ4n) is 2.55. The third-order valence-corrected chi connectivity index (χ3v) is 5.72. The molecule has 1 amide bonds. The summed E-state index contributed by atoms with van der Waals surface area (Å²) < 4.78 is 38.5. The summed E-state index contributed by atoms with van der Waals surface area (Å²) in [6, 6.07) is 7.37. The zero-order valence-corrected chi connectivity index (χ0v) is 14.0. The van der Waals surface area contributed by atoms with Crippen LogP contribution in [0.25, 0.3) is 0 Å². The number of fused-ring (bicyclic) bond motifs is 1. The van der Waals surface area contributed by atoms with Gasteiger partial charge in [-0.05, 0) is 35.4 Å². The molecule has 24 heavy (non-hydrogen) atoms. The quantitative estimate of drug-likeness (QED) is 0.844. The Hall–Kier alpha value is -2.32. The molecule has 0 fully saturated rings. The Bertz CT molecular complexity index is 895. The Morgan fingerprint density at radius 1 is 1.17 bits per heavy atom. The summed E-state index contributed by atoms with van der Waals surface area (Å²) in [5.41, 5.74) is 1.84. The summed E-state index contributed by atoms with van der Waals surface area (Å²) in [6.45, 7) is 0.666. The molecule has 0 N–H and O–H groups in total. The van der Waals surface area contributed by atoms with Crippen molar-refractivity contribution in [3.05, 3.63) is 59.2 Å². The van der Waals surface area contributed by atoms with Gasteiger partial charge in [0.25, 0.3) is 5.91 Å². The van der Waals surface area contributed by atoms with Crippen LogP contribution in [0.4, 0.5) is 4.39 Å². The van der Waals surface area contributed by atoms with Gasteiger partial charge in [0.15, 0.2) is 0 Å². The van der Waals surface area contributed by atoms with E-state index in [-0.39, 0.29) is 16.5 Å². The van der Waals surface area contributed by atoms with E-state index >= 15 is 0 Å². The summed E-state index contributed by atoms with van der Waals surface area (Å²) >= 11 is 0. The first kappa shape index (κ1) is 16.5. The van der Waals surface area contributed by atoms with Gasteiger partial charge in [-0.25, -0.2) is 22.1 Å². The number of hydrogen-bond donors (Lipinski definition) is 0. The van der Waals surface area contributed by atoms with Crippen molar-refractivity contribution in [2.45, 2.75) is 18.0 Å². The Morgan fingerprint density at radius 2 is 1.88 bits per heavy atom. The highest BCUT2D eigenvalue weighted by Crippen LogP contribution is 2.27. The molecule has 1 aliphatic rings. The van der Waals surface area contributed by atoms with E-state index in [1.807, 2.05) is 0 Å². The molecule has 0 radical (unpaired) electrons. The summed E-state index contributed by atoms with van der Waals surface area (Å²) in [5.74, 6) is -0.821. The molecule has 8 heteroatoms. The van der Waals surface area contributed by atoms with Gasteiger partial charge in [0.1, 0.15) is 11.5 Å². The van der Waals surface area contributed by atoms with Crippen LogP contribution in [0.3, 0.4) is 0 Å². The van der Waals surface area contributed by atoms with Gasteiger partial charge >= 0.3 is 0 Å². The maximum Gasteiger partial charge on any atom is 0.273 e. The lowest BCUT2D eigenvalue weighted by molar-refractivity contribution is 0.0745. The van der Waals surface area contributed by atoms with Crippen molar-refractivity contribution in [2.75, 3.05) is 14.1 Å². The van der Waals surface area contributed by atoms with Crippen molar-refractivity contribution in [3.8, 4) is 0 Å². The molecule has 0 saturated heterocycles. The largest absolute Gasteiger partial charge is 0.329 e. The maximum absolute atomic E-state index is 12.9. The topological polar surface area (TPSA) is 70.6 Å². The van der Waals surface area contributed by atoms with Crippen LogP contribution >= 0.6 is 0 Å². The molecule has 2 heterocycles. The molecule has 1 aliphatic heterocycles. The fraction of sp³-hybridized carbons (Fsp3) is 0.250. The number of rotatable bonds is 3. The van der Waals surface area contributed by atoms with E-state index in [9.17, 15) is 17.6 Å². The van der Waals surface area contributed by atoms with Crippen LogP contribution in [-0.2, 0) is 23.1 Å². The number of carbonyl (C=O) groups excluding carboxylic acids is 1. The van der Waals surface area contributed by atoms with Gasteiger partial charge in [-0.1, -0.05) is 6.07 Å². The molecule has 1 aromatic carbocycles. The highest BCUT2D eigenvalue weighted by molar-refractivity contribution is 7.89. The van der Waals surface area contributed by atoms with E-state index in [4.69, 9.17) is 0 Å². The molecule has 2 aromatic rings. The number of amides is 1. The van der Waals surface area contributed by atoms with Crippen molar-refractivity contribution in [3.63, 3.8) is 0 Å². The van der Waals surface area contributed by atoms with Crippen molar-refractivity contribution >= 4 is 15.9 Å². The fourth-order valence-corrected chi connectivity index (χ4v) is 3.50. The van der Waals surface area contributed by atoms with Crippen LogP contribution in [0.2, 0.25) is 0 Å². The lowest BCUT2D eigenvalue weighted by atomic mass is 10.1. The number of aromatic nitrogens is 1. The molecular weight excluding hydrogens is 333 g/mol. The minimum absolute atomic E-state index is 0.158. The summed E-state index contributed by atoms with van der Waals surface area (Å²) in [6.07, 6.45) is 0.998. The Labute approximate surface area is 139 Å². The second-order valence-electron chi connectivity index (χ2n) is 5.74. The second-order valence-corrected chi connectivity index (χ2v) is 7.89. The van der Waals surface area contributed by atoms with E-state index in [2.05, 4.69) is 4.98 Å². The van der Waals surface area contributed by atoms with E-state index in [1.165, 1.54) is 32.3 Å². The molecule has 126 valence electrons. The molecule has 0 aliphatic carbocycles. The Kier molecular flexibility index (Phi) is 4.10. The average Bonchev–Trinajstić information content (AvgIpc) is 2.97. The van der Waals surface area contributed by atoms with Crippen LogP contribution in [0.5, 0.6) is 0 Å². The lowest BCUT2D eigenvalue weighted by Gasteiger charge is -2.14. The van der Waals surface area contributed by atoms with Gasteiger partial charge in [0.2, 0.25) is 10.0 Å². The predicted octanol–water partition coefficient (Wildman–Crippen LogP) is 1.63. The zero-order chi connectivity index (χ0) is 17.5. The number of benzene rings is 1. The number of carbonyl (C=O) groups is 1. The SMILES string of the molecule is CN(C)S(=O)(=O)c1ccc2c(c1)CN(C(=O)c1ccc(F)cn1)C2. The number of sulfonamides is 1. The second kappa shape index (κ2) is 5.95. The zero-order valence-electron chi connectivity index (χ0n) is 13.2. The highest BCUT2D eigenvalue weighted by atomic mass is 32.2. The molecule has 0 bridgehead atoms. The van der Waals surface area contributed by atoms with Crippen LogP contribution in [0, 0.1) is 5.82 Å². The third-order valence-electron chi connectivity index (χ3n) is 3.91. The van der Waals surface area contributed by atoms with Gasteiger partial charge in [-0.3, -0.25) is 4.79 Å². The smallest absolute Gasteiger partial charge is 0.273 e. The predicted molar refractivity (Wildman–Crippen MR) is 85.1 cm³/mol. The Balaban J connectivity index is 1.85. The molecule has 0 saturated carbocycles. The van der Waals surface area contributed by atoms with E-state index < -0.39 is 15.8 Å². The number of pyridine rings is 1. The summed E-state index contributed by atoms with van der Waals surface area (Å²) in [7, 11) is -0.576. The molecule has 0 atom stereocenters. The first-order valence-corrected chi connectivity index (χ1v) is 8.68. The first-order valence-electron chi connectivity index (χ1n) is 7.24. The van der Waals surface area contributed by atoms with E-state index in [1.54, 1.807) is 17.0 Å². The van der Waals surface area contributed by atoms with Gasteiger partial charge in [-0.15, -0.1) is 0 Å². The van der Waals surface area contributed by atoms with Crippen LogP contribution in [-0.4, -0.2) is 42.6 Å². The van der Waals surface area contributed by atoms with Gasteiger partial charge in [0, 0.05) is 27.2 Å². The minimum Gasteiger partial charge on any atom is -0.329 e. The monoisotopic (exact) mass is 349 g/mol. The highest BCUT2D eigenvalue weighted by Gasteiger charge is 2.27. The molecule has 1 aromatic heterocycles. The normalized spacial score (nSPS) is 14.1. The van der Waals surface area contributed by atoms with E-state index in [0.29, 0.717) is 13.1 Å². The van der Waals surface area contributed by atoms with Gasteiger partial charge in [-0.2, -0.15) is 0 Å². The average molecular weight is 349 g/mol. The standard InChI is InChI=1S/C16H16FN3O3S/c1-19(2)24(22,23)14-5-3-11-9-20(10-12(11)7-14)16(21)15-6-4-13(17)8-18-15/h3-8H,9-10H2,1-2H3. The summed E-state index contributed by atoms with van der Waals surface area (Å²) in [5, 5.41) is 0. The van der Waals surface area contributed by atoms with Crippen molar-refractivity contribution in [1.82, 2.24) is 14.2 Å².